The Bertz CT molecular complexity index is 477. The predicted octanol–water partition coefficient (Wildman–Crippen LogP) is 1.64. The summed E-state index contributed by atoms with van der Waals surface area (Å²) in [5.74, 6) is 0. The summed E-state index contributed by atoms with van der Waals surface area (Å²) in [5, 5.41) is 8.22. The Hall–Kier alpha value is -1.73. The smallest absolute Gasteiger partial charge is 0.204 e. The summed E-state index contributed by atoms with van der Waals surface area (Å²) in [6.07, 6.45) is 7.96. The lowest BCUT2D eigenvalue weighted by atomic mass is 10.4. The Labute approximate surface area is 118 Å². The average molecular weight is 279 g/mol. The molecule has 0 atom stereocenters. The van der Waals surface area contributed by atoms with Crippen molar-refractivity contribution in [1.29, 1.82) is 0 Å². The third kappa shape index (κ3) is 4.14. The van der Waals surface area contributed by atoms with Gasteiger partial charge in [0.2, 0.25) is 6.29 Å². The number of ether oxygens (including phenoxy) is 2. The molecule has 0 saturated heterocycles. The van der Waals surface area contributed by atoms with E-state index in [9.17, 15) is 0 Å². The maximum atomic E-state index is 5.49. The van der Waals surface area contributed by atoms with Crippen molar-refractivity contribution in [3.63, 3.8) is 0 Å². The largest absolute Gasteiger partial charge is 0.347 e. The fraction of sp³-hybridized carbons (Fsp3) is 0.615. The van der Waals surface area contributed by atoms with E-state index < -0.39 is 6.29 Å². The first kappa shape index (κ1) is 14.7. The van der Waals surface area contributed by atoms with Crippen LogP contribution in [-0.2, 0) is 22.6 Å². The van der Waals surface area contributed by atoms with E-state index in [0.717, 1.165) is 25.2 Å². The number of hydrogen-bond acceptors (Lipinski definition) is 5. The first-order valence-electron chi connectivity index (χ1n) is 6.92. The number of rotatable bonds is 9. The summed E-state index contributed by atoms with van der Waals surface area (Å²) in [5.41, 5.74) is 0.719. The molecule has 0 radical (unpaired) electrons. The van der Waals surface area contributed by atoms with Gasteiger partial charge in [-0.05, 0) is 20.3 Å². The molecule has 7 nitrogen and oxygen atoms in total. The molecule has 20 heavy (non-hydrogen) atoms. The molecular weight excluding hydrogens is 258 g/mol. The third-order valence-electron chi connectivity index (χ3n) is 2.80. The van der Waals surface area contributed by atoms with Crippen LogP contribution in [0, 0.1) is 0 Å². The van der Waals surface area contributed by atoms with Crippen molar-refractivity contribution in [2.75, 3.05) is 13.2 Å². The lowest BCUT2D eigenvalue weighted by molar-refractivity contribution is -0.142. The number of imidazole rings is 1. The topological polar surface area (TPSA) is 67.0 Å². The Kier molecular flexibility index (Phi) is 5.69. The van der Waals surface area contributed by atoms with Gasteiger partial charge >= 0.3 is 0 Å². The maximum absolute atomic E-state index is 5.49. The van der Waals surface area contributed by atoms with Gasteiger partial charge in [-0.25, -0.2) is 4.98 Å². The zero-order valence-corrected chi connectivity index (χ0v) is 12.0. The molecule has 2 aromatic heterocycles. The van der Waals surface area contributed by atoms with Crippen LogP contribution in [0.4, 0.5) is 0 Å². The Morgan fingerprint density at radius 2 is 2.00 bits per heavy atom. The number of hydrogen-bond donors (Lipinski definition) is 0. The number of aryl methyl sites for hydroxylation is 2. The minimum atomic E-state index is -0.424. The van der Waals surface area contributed by atoms with Gasteiger partial charge in [-0.2, -0.15) is 0 Å². The quantitative estimate of drug-likeness (QED) is 0.653. The van der Waals surface area contributed by atoms with Crippen LogP contribution < -0.4 is 0 Å². The van der Waals surface area contributed by atoms with Crippen LogP contribution in [0.5, 0.6) is 0 Å². The summed E-state index contributed by atoms with van der Waals surface area (Å²) in [6.45, 7) is 6.74. The first-order valence-corrected chi connectivity index (χ1v) is 6.92. The molecule has 2 rings (SSSR count). The molecule has 0 unspecified atom stereocenters. The van der Waals surface area contributed by atoms with Crippen LogP contribution in [0.1, 0.15) is 32.3 Å². The Balaban J connectivity index is 1.84. The van der Waals surface area contributed by atoms with Crippen LogP contribution in [0.3, 0.4) is 0 Å². The molecular formula is C13H21N5O2. The lowest BCUT2D eigenvalue weighted by Crippen LogP contribution is -2.09. The summed E-state index contributed by atoms with van der Waals surface area (Å²) < 4.78 is 14.8. The van der Waals surface area contributed by atoms with Crippen LogP contribution in [0.15, 0.2) is 24.9 Å². The van der Waals surface area contributed by atoms with Gasteiger partial charge in [-0.3, -0.25) is 4.68 Å². The fourth-order valence-electron chi connectivity index (χ4n) is 1.89. The van der Waals surface area contributed by atoms with Crippen LogP contribution in [0.2, 0.25) is 0 Å². The fourth-order valence-corrected chi connectivity index (χ4v) is 1.89. The van der Waals surface area contributed by atoms with E-state index in [4.69, 9.17) is 9.47 Å². The molecule has 0 aliphatic carbocycles. The normalized spacial score (nSPS) is 11.3. The van der Waals surface area contributed by atoms with Gasteiger partial charge < -0.3 is 14.0 Å². The van der Waals surface area contributed by atoms with E-state index in [1.807, 2.05) is 41.8 Å². The van der Waals surface area contributed by atoms with Crippen molar-refractivity contribution in [1.82, 2.24) is 24.5 Å². The zero-order chi connectivity index (χ0) is 14.2. The minimum Gasteiger partial charge on any atom is -0.347 e. The highest BCUT2D eigenvalue weighted by Crippen LogP contribution is 2.15. The molecule has 0 aliphatic heterocycles. The molecule has 2 aromatic rings. The Morgan fingerprint density at radius 1 is 1.20 bits per heavy atom. The third-order valence-corrected chi connectivity index (χ3v) is 2.80. The van der Waals surface area contributed by atoms with Crippen LogP contribution >= 0.6 is 0 Å². The second-order valence-corrected chi connectivity index (χ2v) is 4.30. The first-order chi connectivity index (χ1) is 9.83. The molecule has 7 heteroatoms. The van der Waals surface area contributed by atoms with E-state index in [2.05, 4.69) is 15.3 Å². The summed E-state index contributed by atoms with van der Waals surface area (Å²) >= 11 is 0. The molecule has 2 heterocycles. The van der Waals surface area contributed by atoms with Crippen LogP contribution in [0.25, 0.3) is 0 Å². The van der Waals surface area contributed by atoms with E-state index in [0.29, 0.717) is 13.2 Å². The predicted molar refractivity (Wildman–Crippen MR) is 72.9 cm³/mol. The van der Waals surface area contributed by atoms with Gasteiger partial charge in [-0.1, -0.05) is 5.21 Å². The van der Waals surface area contributed by atoms with Crippen molar-refractivity contribution in [3.8, 4) is 0 Å². The van der Waals surface area contributed by atoms with E-state index >= 15 is 0 Å². The standard InChI is InChI=1S/C13H21N5O2/c1-3-19-13(20-4-2)12-10-18(16-15-12)8-5-7-17-9-6-14-11-17/h6,9-11,13H,3-5,7-8H2,1-2H3. The minimum absolute atomic E-state index is 0.424. The summed E-state index contributed by atoms with van der Waals surface area (Å²) in [4.78, 5) is 4.01. The maximum Gasteiger partial charge on any atom is 0.204 e. The molecule has 0 aromatic carbocycles. The van der Waals surface area contributed by atoms with Crippen molar-refractivity contribution in [2.45, 2.75) is 39.6 Å². The highest BCUT2D eigenvalue weighted by Gasteiger charge is 2.15. The molecule has 0 saturated carbocycles. The summed E-state index contributed by atoms with van der Waals surface area (Å²) in [7, 11) is 0. The van der Waals surface area contributed by atoms with Gasteiger partial charge in [0.15, 0.2) is 0 Å². The lowest BCUT2D eigenvalue weighted by Gasteiger charge is -2.13. The molecule has 0 amide bonds. The highest BCUT2D eigenvalue weighted by molar-refractivity contribution is 4.94. The SMILES string of the molecule is CCOC(OCC)c1cn(CCCn2ccnc2)nn1. The van der Waals surface area contributed by atoms with E-state index in [1.165, 1.54) is 0 Å². The van der Waals surface area contributed by atoms with Crippen LogP contribution in [-0.4, -0.2) is 37.8 Å². The summed E-state index contributed by atoms with van der Waals surface area (Å²) in [6, 6.07) is 0. The van der Waals surface area contributed by atoms with Gasteiger partial charge in [0.1, 0.15) is 5.69 Å². The zero-order valence-electron chi connectivity index (χ0n) is 12.0. The van der Waals surface area contributed by atoms with Crippen molar-refractivity contribution in [3.05, 3.63) is 30.6 Å². The highest BCUT2D eigenvalue weighted by atomic mass is 16.7. The second kappa shape index (κ2) is 7.76. The monoisotopic (exact) mass is 279 g/mol. The molecule has 0 bridgehead atoms. The van der Waals surface area contributed by atoms with E-state index in [-0.39, 0.29) is 0 Å². The number of aromatic nitrogens is 5. The van der Waals surface area contributed by atoms with Gasteiger partial charge in [0.25, 0.3) is 0 Å². The average Bonchev–Trinajstić information content (AvgIpc) is 3.10. The molecule has 0 aliphatic rings. The second-order valence-electron chi connectivity index (χ2n) is 4.30. The number of nitrogens with zero attached hydrogens (tertiary/aromatic N) is 5. The van der Waals surface area contributed by atoms with Crippen molar-refractivity contribution >= 4 is 0 Å². The molecule has 0 spiro atoms. The molecule has 0 fully saturated rings. The van der Waals surface area contributed by atoms with Crippen molar-refractivity contribution in [2.24, 2.45) is 0 Å². The van der Waals surface area contributed by atoms with Gasteiger partial charge in [0, 0.05) is 38.7 Å². The van der Waals surface area contributed by atoms with E-state index in [1.54, 1.807) is 6.20 Å². The molecule has 110 valence electrons. The van der Waals surface area contributed by atoms with Crippen molar-refractivity contribution < 1.29 is 9.47 Å². The van der Waals surface area contributed by atoms with Gasteiger partial charge in [-0.15, -0.1) is 5.10 Å². The van der Waals surface area contributed by atoms with Gasteiger partial charge in [0.05, 0.1) is 12.5 Å². The molecule has 0 N–H and O–H groups in total. The Morgan fingerprint density at radius 3 is 2.65 bits per heavy atom.